The number of aromatic amines is 1. The molecule has 2 aromatic heterocycles. The van der Waals surface area contributed by atoms with Gasteiger partial charge in [-0.2, -0.15) is 4.98 Å². The number of aromatic carboxylic acids is 1. The average Bonchev–Trinajstić information content (AvgIpc) is 2.94. The van der Waals surface area contributed by atoms with Crippen molar-refractivity contribution in [3.63, 3.8) is 0 Å². The second-order valence-electron chi connectivity index (χ2n) is 3.55. The lowest BCUT2D eigenvalue weighted by Gasteiger charge is -1.90. The van der Waals surface area contributed by atoms with Crippen LogP contribution in [-0.4, -0.2) is 31.2 Å². The SMILES string of the molecule is CCCCc1noc(-c2[nH]cnc2C(=O)O)n1. The first-order valence-electron chi connectivity index (χ1n) is 5.32. The van der Waals surface area contributed by atoms with Gasteiger partial charge in [0.25, 0.3) is 5.89 Å². The van der Waals surface area contributed by atoms with Crippen LogP contribution in [0.3, 0.4) is 0 Å². The van der Waals surface area contributed by atoms with E-state index >= 15 is 0 Å². The fraction of sp³-hybridized carbons (Fsp3) is 0.400. The Kier molecular flexibility index (Phi) is 3.17. The lowest BCUT2D eigenvalue weighted by Crippen LogP contribution is -1.99. The predicted molar refractivity (Wildman–Crippen MR) is 57.5 cm³/mol. The summed E-state index contributed by atoms with van der Waals surface area (Å²) in [6.07, 6.45) is 4.01. The largest absolute Gasteiger partial charge is 0.476 e. The molecule has 7 heteroatoms. The van der Waals surface area contributed by atoms with Gasteiger partial charge in [-0.05, 0) is 6.42 Å². The third-order valence-electron chi connectivity index (χ3n) is 2.28. The Morgan fingerprint density at radius 3 is 3.12 bits per heavy atom. The van der Waals surface area contributed by atoms with Crippen molar-refractivity contribution >= 4 is 5.97 Å². The van der Waals surface area contributed by atoms with Crippen LogP contribution >= 0.6 is 0 Å². The highest BCUT2D eigenvalue weighted by Crippen LogP contribution is 2.18. The van der Waals surface area contributed by atoms with E-state index in [1.54, 1.807) is 0 Å². The second kappa shape index (κ2) is 4.77. The maximum atomic E-state index is 10.9. The summed E-state index contributed by atoms with van der Waals surface area (Å²) < 4.78 is 5.00. The molecule has 2 heterocycles. The number of aryl methyl sites for hydroxylation is 1. The fourth-order valence-corrected chi connectivity index (χ4v) is 1.41. The zero-order valence-electron chi connectivity index (χ0n) is 9.30. The molecule has 90 valence electrons. The molecule has 0 aliphatic heterocycles. The van der Waals surface area contributed by atoms with E-state index in [0.717, 1.165) is 19.3 Å². The Labute approximate surface area is 96.9 Å². The average molecular weight is 236 g/mol. The highest BCUT2D eigenvalue weighted by molar-refractivity contribution is 5.91. The number of H-pyrrole nitrogens is 1. The summed E-state index contributed by atoms with van der Waals surface area (Å²) in [4.78, 5) is 21.3. The summed E-state index contributed by atoms with van der Waals surface area (Å²) in [6.45, 7) is 2.07. The monoisotopic (exact) mass is 236 g/mol. The number of rotatable bonds is 5. The molecule has 0 spiro atoms. The van der Waals surface area contributed by atoms with Crippen LogP contribution < -0.4 is 0 Å². The molecule has 0 saturated carbocycles. The van der Waals surface area contributed by atoms with Gasteiger partial charge in [0, 0.05) is 6.42 Å². The van der Waals surface area contributed by atoms with Crippen LogP contribution in [0.5, 0.6) is 0 Å². The number of hydrogen-bond donors (Lipinski definition) is 2. The highest BCUT2D eigenvalue weighted by Gasteiger charge is 2.19. The van der Waals surface area contributed by atoms with Crippen LogP contribution in [0.4, 0.5) is 0 Å². The minimum Gasteiger partial charge on any atom is -0.476 e. The van der Waals surface area contributed by atoms with Crippen molar-refractivity contribution in [1.29, 1.82) is 0 Å². The molecule has 0 bridgehead atoms. The molecule has 0 radical (unpaired) electrons. The molecule has 0 unspecified atom stereocenters. The molecule has 0 amide bonds. The summed E-state index contributed by atoms with van der Waals surface area (Å²) in [5.41, 5.74) is 0.128. The Balaban J connectivity index is 2.24. The first-order valence-corrected chi connectivity index (χ1v) is 5.32. The van der Waals surface area contributed by atoms with Crippen LogP contribution in [-0.2, 0) is 6.42 Å². The zero-order chi connectivity index (χ0) is 12.3. The van der Waals surface area contributed by atoms with Gasteiger partial charge in [0.1, 0.15) is 5.69 Å². The van der Waals surface area contributed by atoms with Crippen molar-refractivity contribution in [2.24, 2.45) is 0 Å². The maximum Gasteiger partial charge on any atom is 0.356 e. The molecule has 17 heavy (non-hydrogen) atoms. The van der Waals surface area contributed by atoms with Gasteiger partial charge in [0.2, 0.25) is 0 Å². The van der Waals surface area contributed by atoms with Crippen LogP contribution in [0.2, 0.25) is 0 Å². The Morgan fingerprint density at radius 2 is 2.41 bits per heavy atom. The Hall–Kier alpha value is -2.18. The van der Waals surface area contributed by atoms with Crippen molar-refractivity contribution in [2.75, 3.05) is 0 Å². The van der Waals surface area contributed by atoms with Gasteiger partial charge in [-0.1, -0.05) is 18.5 Å². The third kappa shape index (κ3) is 2.32. The Morgan fingerprint density at radius 1 is 1.59 bits per heavy atom. The standard InChI is InChI=1S/C10H12N4O3/c1-2-3-4-6-13-9(17-14-6)7-8(10(15)16)12-5-11-7/h5H,2-4H2,1H3,(H,11,12)(H,15,16). The number of carbonyl (C=O) groups is 1. The lowest BCUT2D eigenvalue weighted by molar-refractivity contribution is 0.0691. The van der Waals surface area contributed by atoms with E-state index in [1.807, 2.05) is 0 Å². The molecule has 2 aromatic rings. The van der Waals surface area contributed by atoms with Crippen molar-refractivity contribution in [3.8, 4) is 11.6 Å². The van der Waals surface area contributed by atoms with Gasteiger partial charge >= 0.3 is 5.97 Å². The summed E-state index contributed by atoms with van der Waals surface area (Å²) >= 11 is 0. The second-order valence-corrected chi connectivity index (χ2v) is 3.55. The van der Waals surface area contributed by atoms with Gasteiger partial charge in [-0.15, -0.1) is 0 Å². The van der Waals surface area contributed by atoms with Gasteiger partial charge in [-0.25, -0.2) is 9.78 Å². The van der Waals surface area contributed by atoms with Crippen LogP contribution in [0.25, 0.3) is 11.6 Å². The number of carboxylic acids is 1. The molecule has 0 aliphatic carbocycles. The van der Waals surface area contributed by atoms with Crippen molar-refractivity contribution in [1.82, 2.24) is 20.1 Å². The highest BCUT2D eigenvalue weighted by atomic mass is 16.5. The lowest BCUT2D eigenvalue weighted by atomic mass is 10.2. The number of nitrogens with zero attached hydrogens (tertiary/aromatic N) is 3. The van der Waals surface area contributed by atoms with Crippen molar-refractivity contribution < 1.29 is 14.4 Å². The number of nitrogens with one attached hydrogen (secondary N) is 1. The van der Waals surface area contributed by atoms with Crippen molar-refractivity contribution in [3.05, 3.63) is 17.8 Å². The van der Waals surface area contributed by atoms with E-state index in [-0.39, 0.29) is 17.3 Å². The molecule has 7 nitrogen and oxygen atoms in total. The minimum absolute atomic E-state index is 0.115. The number of imidazole rings is 1. The number of hydrogen-bond acceptors (Lipinski definition) is 5. The summed E-state index contributed by atoms with van der Waals surface area (Å²) in [6, 6.07) is 0. The van der Waals surface area contributed by atoms with E-state index in [1.165, 1.54) is 6.33 Å². The van der Waals surface area contributed by atoms with Gasteiger partial charge in [0.15, 0.2) is 11.5 Å². The normalized spacial score (nSPS) is 10.6. The van der Waals surface area contributed by atoms with Crippen LogP contribution in [0.1, 0.15) is 36.1 Å². The van der Waals surface area contributed by atoms with Gasteiger partial charge in [0.05, 0.1) is 6.33 Å². The predicted octanol–water partition coefficient (Wildman–Crippen LogP) is 1.50. The Bertz CT molecular complexity index is 517. The summed E-state index contributed by atoms with van der Waals surface area (Å²) in [5, 5.41) is 12.7. The van der Waals surface area contributed by atoms with Gasteiger partial charge in [-0.3, -0.25) is 0 Å². The maximum absolute atomic E-state index is 10.9. The van der Waals surface area contributed by atoms with E-state index in [9.17, 15) is 4.79 Å². The quantitative estimate of drug-likeness (QED) is 0.815. The zero-order valence-corrected chi connectivity index (χ0v) is 9.30. The molecule has 0 aliphatic rings. The van der Waals surface area contributed by atoms with E-state index in [4.69, 9.17) is 9.63 Å². The molecule has 2 rings (SSSR count). The van der Waals surface area contributed by atoms with E-state index in [0.29, 0.717) is 5.82 Å². The van der Waals surface area contributed by atoms with E-state index < -0.39 is 5.97 Å². The molecule has 0 fully saturated rings. The van der Waals surface area contributed by atoms with Crippen molar-refractivity contribution in [2.45, 2.75) is 26.2 Å². The summed E-state index contributed by atoms with van der Waals surface area (Å²) in [5.74, 6) is -0.395. The molecular weight excluding hydrogens is 224 g/mol. The molecule has 0 atom stereocenters. The smallest absolute Gasteiger partial charge is 0.356 e. The number of aromatic nitrogens is 4. The van der Waals surface area contributed by atoms with Gasteiger partial charge < -0.3 is 14.6 Å². The van der Waals surface area contributed by atoms with Crippen LogP contribution in [0, 0.1) is 0 Å². The molecule has 0 aromatic carbocycles. The first kappa shape index (κ1) is 11.3. The number of carboxylic acid groups (broad SMARTS) is 1. The molecule has 0 saturated heterocycles. The summed E-state index contributed by atoms with van der Waals surface area (Å²) in [7, 11) is 0. The minimum atomic E-state index is -1.13. The van der Waals surface area contributed by atoms with Crippen LogP contribution in [0.15, 0.2) is 10.9 Å². The molecular formula is C10H12N4O3. The number of unbranched alkanes of at least 4 members (excludes halogenated alkanes) is 1. The molecule has 2 N–H and O–H groups in total. The van der Waals surface area contributed by atoms with E-state index in [2.05, 4.69) is 27.0 Å². The third-order valence-corrected chi connectivity index (χ3v) is 2.28. The topological polar surface area (TPSA) is 105 Å². The fourth-order valence-electron chi connectivity index (χ4n) is 1.41. The first-order chi connectivity index (χ1) is 8.22.